The van der Waals surface area contributed by atoms with E-state index in [9.17, 15) is 18.0 Å². The lowest BCUT2D eigenvalue weighted by Crippen LogP contribution is -2.60. The summed E-state index contributed by atoms with van der Waals surface area (Å²) in [5.41, 5.74) is 0. The van der Waals surface area contributed by atoms with E-state index < -0.39 is 28.1 Å². The number of rotatable bonds is 3. The summed E-state index contributed by atoms with van der Waals surface area (Å²) in [4.78, 5) is 22.4. The number of amides is 2. The normalized spacial score (nSPS) is 27.9. The predicted molar refractivity (Wildman–Crippen MR) is 54.4 cm³/mol. The Morgan fingerprint density at radius 1 is 1.38 bits per heavy atom. The smallest absolute Gasteiger partial charge is 0.280 e. The minimum absolute atomic E-state index is 0.0442. The third-order valence-corrected chi connectivity index (χ3v) is 4.27. The van der Waals surface area contributed by atoms with Crippen LogP contribution >= 0.6 is 0 Å². The molecule has 0 bridgehead atoms. The first-order valence-electron chi connectivity index (χ1n) is 5.03. The summed E-state index contributed by atoms with van der Waals surface area (Å²) >= 11 is 0. The van der Waals surface area contributed by atoms with Crippen LogP contribution in [0.15, 0.2) is 0 Å². The number of nitrogens with one attached hydrogen (secondary N) is 2. The number of carbonyl (C=O) groups is 2. The zero-order valence-electron chi connectivity index (χ0n) is 8.76. The number of nitrogens with zero attached hydrogens (tertiary/aromatic N) is 1. The van der Waals surface area contributed by atoms with Crippen molar-refractivity contribution in [1.82, 2.24) is 14.3 Å². The summed E-state index contributed by atoms with van der Waals surface area (Å²) in [6.07, 6.45) is 1.61. The molecule has 0 aromatic rings. The standard InChI is InChI=1S/C8H13N3O4S/c1-5-8(13)9-7(12)4-11(5)16(14,15)10-6-2-3-6/h5-6,10H,2-4H2,1H3,(H,9,12,13). The van der Waals surface area contributed by atoms with E-state index in [1.807, 2.05) is 0 Å². The van der Waals surface area contributed by atoms with Gasteiger partial charge in [-0.3, -0.25) is 14.9 Å². The van der Waals surface area contributed by atoms with E-state index in [2.05, 4.69) is 10.0 Å². The maximum absolute atomic E-state index is 11.8. The van der Waals surface area contributed by atoms with E-state index in [-0.39, 0.29) is 12.6 Å². The van der Waals surface area contributed by atoms with Gasteiger partial charge in [-0.1, -0.05) is 0 Å². The molecule has 2 rings (SSSR count). The molecular formula is C8H13N3O4S. The fourth-order valence-corrected chi connectivity index (χ4v) is 3.05. The SMILES string of the molecule is CC1C(=O)NC(=O)CN1S(=O)(=O)NC1CC1. The second kappa shape index (κ2) is 3.79. The molecule has 1 aliphatic carbocycles. The van der Waals surface area contributed by atoms with Crippen LogP contribution in [0.25, 0.3) is 0 Å². The molecule has 1 aliphatic heterocycles. The van der Waals surface area contributed by atoms with Crippen LogP contribution in [0, 0.1) is 0 Å². The van der Waals surface area contributed by atoms with Crippen molar-refractivity contribution in [3.63, 3.8) is 0 Å². The van der Waals surface area contributed by atoms with Gasteiger partial charge in [0.1, 0.15) is 6.04 Å². The highest BCUT2D eigenvalue weighted by atomic mass is 32.2. The molecule has 1 saturated heterocycles. The summed E-state index contributed by atoms with van der Waals surface area (Å²) in [6.45, 7) is 1.14. The van der Waals surface area contributed by atoms with Gasteiger partial charge in [0.2, 0.25) is 11.8 Å². The number of piperazine rings is 1. The number of hydrogen-bond donors (Lipinski definition) is 2. The van der Waals surface area contributed by atoms with Crippen molar-refractivity contribution in [2.24, 2.45) is 0 Å². The fourth-order valence-electron chi connectivity index (χ4n) is 1.46. The molecule has 7 nitrogen and oxygen atoms in total. The highest BCUT2D eigenvalue weighted by Crippen LogP contribution is 2.21. The largest absolute Gasteiger partial charge is 0.294 e. The Morgan fingerprint density at radius 3 is 2.56 bits per heavy atom. The minimum Gasteiger partial charge on any atom is -0.294 e. The van der Waals surface area contributed by atoms with Crippen LogP contribution in [0.4, 0.5) is 0 Å². The molecule has 16 heavy (non-hydrogen) atoms. The van der Waals surface area contributed by atoms with Gasteiger partial charge in [0.25, 0.3) is 10.2 Å². The lowest BCUT2D eigenvalue weighted by molar-refractivity contribution is -0.136. The Hall–Kier alpha value is -0.990. The Bertz CT molecular complexity index is 429. The van der Waals surface area contributed by atoms with E-state index in [1.54, 1.807) is 0 Å². The van der Waals surface area contributed by atoms with E-state index >= 15 is 0 Å². The van der Waals surface area contributed by atoms with Gasteiger partial charge in [0.15, 0.2) is 0 Å². The van der Waals surface area contributed by atoms with Gasteiger partial charge >= 0.3 is 0 Å². The van der Waals surface area contributed by atoms with E-state index in [1.165, 1.54) is 6.92 Å². The molecule has 8 heteroatoms. The molecule has 2 N–H and O–H groups in total. The molecule has 2 fully saturated rings. The van der Waals surface area contributed by atoms with Gasteiger partial charge in [0, 0.05) is 6.04 Å². The van der Waals surface area contributed by atoms with E-state index in [0.29, 0.717) is 0 Å². The van der Waals surface area contributed by atoms with Gasteiger partial charge in [0.05, 0.1) is 6.54 Å². The highest BCUT2D eigenvalue weighted by Gasteiger charge is 2.40. The number of carbonyl (C=O) groups excluding carboxylic acids is 2. The van der Waals surface area contributed by atoms with E-state index in [0.717, 1.165) is 17.1 Å². The lowest BCUT2D eigenvalue weighted by atomic mass is 10.2. The van der Waals surface area contributed by atoms with Gasteiger partial charge < -0.3 is 0 Å². The molecule has 90 valence electrons. The van der Waals surface area contributed by atoms with Gasteiger partial charge in [-0.15, -0.1) is 0 Å². The van der Waals surface area contributed by atoms with Crippen molar-refractivity contribution in [3.8, 4) is 0 Å². The maximum atomic E-state index is 11.8. The Morgan fingerprint density at radius 2 is 2.00 bits per heavy atom. The van der Waals surface area contributed by atoms with Crippen LogP contribution in [-0.2, 0) is 19.8 Å². The van der Waals surface area contributed by atoms with Gasteiger partial charge in [-0.05, 0) is 19.8 Å². The summed E-state index contributed by atoms with van der Waals surface area (Å²) in [7, 11) is -3.73. The Balaban J connectivity index is 2.16. The molecule has 1 saturated carbocycles. The zero-order valence-corrected chi connectivity index (χ0v) is 9.58. The first-order chi connectivity index (χ1) is 7.40. The molecular weight excluding hydrogens is 234 g/mol. The lowest BCUT2D eigenvalue weighted by Gasteiger charge is -2.30. The van der Waals surface area contributed by atoms with Crippen LogP contribution in [0.2, 0.25) is 0 Å². The van der Waals surface area contributed by atoms with E-state index in [4.69, 9.17) is 0 Å². The molecule has 1 heterocycles. The second-order valence-corrected chi connectivity index (χ2v) is 5.69. The van der Waals surface area contributed by atoms with Crippen LogP contribution in [-0.4, -0.2) is 43.2 Å². The maximum Gasteiger partial charge on any atom is 0.280 e. The third-order valence-electron chi connectivity index (χ3n) is 2.58. The van der Waals surface area contributed by atoms with Crippen molar-refractivity contribution in [2.75, 3.05) is 6.54 Å². The average Bonchev–Trinajstić information content (AvgIpc) is 2.94. The highest BCUT2D eigenvalue weighted by molar-refractivity contribution is 7.87. The molecule has 0 aromatic carbocycles. The summed E-state index contributed by atoms with van der Waals surface area (Å²) < 4.78 is 27.0. The van der Waals surface area contributed by atoms with Crippen molar-refractivity contribution >= 4 is 22.0 Å². The van der Waals surface area contributed by atoms with Crippen LogP contribution in [0.1, 0.15) is 19.8 Å². The first-order valence-corrected chi connectivity index (χ1v) is 6.47. The summed E-state index contributed by atoms with van der Waals surface area (Å²) in [5, 5.41) is 2.09. The van der Waals surface area contributed by atoms with Crippen LogP contribution < -0.4 is 10.0 Å². The molecule has 1 unspecified atom stereocenters. The molecule has 2 aliphatic rings. The number of imide groups is 1. The van der Waals surface area contributed by atoms with Gasteiger partial charge in [-0.25, -0.2) is 0 Å². The fraction of sp³-hybridized carbons (Fsp3) is 0.750. The van der Waals surface area contributed by atoms with Crippen molar-refractivity contribution in [2.45, 2.75) is 31.8 Å². The van der Waals surface area contributed by atoms with Crippen LogP contribution in [0.5, 0.6) is 0 Å². The first kappa shape index (κ1) is 11.5. The monoisotopic (exact) mass is 247 g/mol. The molecule has 2 amide bonds. The predicted octanol–water partition coefficient (Wildman–Crippen LogP) is -1.67. The van der Waals surface area contributed by atoms with Crippen molar-refractivity contribution in [3.05, 3.63) is 0 Å². The average molecular weight is 247 g/mol. The van der Waals surface area contributed by atoms with Gasteiger partial charge in [-0.2, -0.15) is 17.4 Å². The Kier molecular flexibility index (Phi) is 2.72. The second-order valence-electron chi connectivity index (χ2n) is 4.03. The molecule has 0 aromatic heterocycles. The summed E-state index contributed by atoms with van der Waals surface area (Å²) in [5.74, 6) is -1.18. The third kappa shape index (κ3) is 2.23. The topological polar surface area (TPSA) is 95.6 Å². The summed E-state index contributed by atoms with van der Waals surface area (Å²) in [6, 6.07) is -0.897. The molecule has 0 spiro atoms. The van der Waals surface area contributed by atoms with Crippen LogP contribution in [0.3, 0.4) is 0 Å². The quantitative estimate of drug-likeness (QED) is 0.583. The Labute approximate surface area is 93.4 Å². The number of hydrogen-bond acceptors (Lipinski definition) is 4. The van der Waals surface area contributed by atoms with Crippen molar-refractivity contribution < 1.29 is 18.0 Å². The minimum atomic E-state index is -3.73. The molecule has 1 atom stereocenters. The zero-order chi connectivity index (χ0) is 11.9. The van der Waals surface area contributed by atoms with Crippen molar-refractivity contribution in [1.29, 1.82) is 0 Å². The molecule has 0 radical (unpaired) electrons.